The number of imidazole rings is 1. The molecule has 5 nitrogen and oxygen atoms in total. The highest BCUT2D eigenvalue weighted by Gasteiger charge is 2.45. The molecule has 27 heavy (non-hydrogen) atoms. The van der Waals surface area contributed by atoms with Gasteiger partial charge in [-0.05, 0) is 63.1 Å². The Balaban J connectivity index is 1.75. The largest absolute Gasteiger partial charge is 0.478 e. The summed E-state index contributed by atoms with van der Waals surface area (Å²) in [6.45, 7) is 6.05. The van der Waals surface area contributed by atoms with Crippen LogP contribution in [0.3, 0.4) is 0 Å². The molecule has 2 aliphatic rings. The zero-order valence-electron chi connectivity index (χ0n) is 15.8. The van der Waals surface area contributed by atoms with Crippen molar-refractivity contribution in [2.45, 2.75) is 52.1 Å². The molecule has 3 heterocycles. The third kappa shape index (κ3) is 2.11. The first-order chi connectivity index (χ1) is 12.9. The van der Waals surface area contributed by atoms with E-state index in [2.05, 4.69) is 25.1 Å². The monoisotopic (exact) mass is 362 g/mol. The fraction of sp³-hybridized carbons (Fsp3) is 0.364. The van der Waals surface area contributed by atoms with Crippen LogP contribution >= 0.6 is 0 Å². The SMILES string of the molecule is Cc1cccc2c1CCC21CCc2c(C(=O)O)cn3c(C)c(C)nc3c2O1. The number of aryl methyl sites for hydroxylation is 3. The van der Waals surface area contributed by atoms with E-state index in [1.807, 2.05) is 18.2 Å². The standard InChI is InChI=1S/C22H22N2O3/c1-12-5-4-6-18-15(12)7-9-22(18)10-8-16-17(21(25)26)11-24-14(3)13(2)23-20(24)19(16)27-22/h4-6,11H,7-10H2,1-3H3,(H,25,26). The van der Waals surface area contributed by atoms with Gasteiger partial charge in [0.1, 0.15) is 5.60 Å². The first kappa shape index (κ1) is 16.4. The van der Waals surface area contributed by atoms with Crippen LogP contribution in [0.5, 0.6) is 5.75 Å². The van der Waals surface area contributed by atoms with Gasteiger partial charge in [0.05, 0.1) is 11.3 Å². The molecule has 5 heteroatoms. The summed E-state index contributed by atoms with van der Waals surface area (Å²) < 4.78 is 8.55. The van der Waals surface area contributed by atoms with E-state index in [-0.39, 0.29) is 5.60 Å². The number of fused-ring (bicyclic) bond motifs is 5. The lowest BCUT2D eigenvalue weighted by atomic mass is 9.85. The van der Waals surface area contributed by atoms with Crippen LogP contribution in [0, 0.1) is 20.8 Å². The minimum Gasteiger partial charge on any atom is -0.478 e. The topological polar surface area (TPSA) is 63.8 Å². The van der Waals surface area contributed by atoms with E-state index in [0.717, 1.165) is 41.9 Å². The average Bonchev–Trinajstić information content (AvgIpc) is 3.14. The van der Waals surface area contributed by atoms with Gasteiger partial charge in [0.25, 0.3) is 0 Å². The molecular formula is C22H22N2O3. The van der Waals surface area contributed by atoms with E-state index >= 15 is 0 Å². The zero-order chi connectivity index (χ0) is 18.9. The minimum absolute atomic E-state index is 0.315. The first-order valence-corrected chi connectivity index (χ1v) is 9.44. The molecule has 0 bridgehead atoms. The van der Waals surface area contributed by atoms with Crippen molar-refractivity contribution in [3.63, 3.8) is 0 Å². The number of hydrogen-bond donors (Lipinski definition) is 1. The average molecular weight is 362 g/mol. The van der Waals surface area contributed by atoms with Gasteiger partial charge >= 0.3 is 5.97 Å². The van der Waals surface area contributed by atoms with Gasteiger partial charge in [0.15, 0.2) is 11.4 Å². The molecule has 1 spiro atoms. The number of aromatic carboxylic acids is 1. The minimum atomic E-state index is -0.916. The van der Waals surface area contributed by atoms with Crippen molar-refractivity contribution in [1.82, 2.24) is 9.38 Å². The molecule has 0 saturated heterocycles. The van der Waals surface area contributed by atoms with Crippen LogP contribution in [-0.2, 0) is 18.4 Å². The third-order valence-electron chi connectivity index (χ3n) is 6.43. The molecule has 1 N–H and O–H groups in total. The van der Waals surface area contributed by atoms with Crippen LogP contribution in [-0.4, -0.2) is 20.5 Å². The highest BCUT2D eigenvalue weighted by atomic mass is 16.5. The van der Waals surface area contributed by atoms with Gasteiger partial charge < -0.3 is 14.2 Å². The quantitative estimate of drug-likeness (QED) is 0.707. The molecule has 1 aromatic carbocycles. The normalized spacial score (nSPS) is 20.6. The van der Waals surface area contributed by atoms with E-state index in [4.69, 9.17) is 9.72 Å². The van der Waals surface area contributed by atoms with Gasteiger partial charge in [-0.15, -0.1) is 0 Å². The van der Waals surface area contributed by atoms with Crippen molar-refractivity contribution in [2.75, 3.05) is 0 Å². The molecule has 0 amide bonds. The number of nitrogens with zero attached hydrogens (tertiary/aromatic N) is 2. The number of carbonyl (C=O) groups is 1. The molecule has 1 atom stereocenters. The predicted molar refractivity (Wildman–Crippen MR) is 102 cm³/mol. The molecule has 138 valence electrons. The summed E-state index contributed by atoms with van der Waals surface area (Å²) in [5.41, 5.74) is 7.21. The van der Waals surface area contributed by atoms with E-state index in [0.29, 0.717) is 17.7 Å². The van der Waals surface area contributed by atoms with E-state index in [1.54, 1.807) is 6.20 Å². The Morgan fingerprint density at radius 1 is 1.19 bits per heavy atom. The van der Waals surface area contributed by atoms with Crippen LogP contribution in [0.2, 0.25) is 0 Å². The second-order valence-corrected chi connectivity index (χ2v) is 7.83. The molecule has 0 fully saturated rings. The molecule has 1 aliphatic carbocycles. The summed E-state index contributed by atoms with van der Waals surface area (Å²) in [6.07, 6.45) is 5.10. The predicted octanol–water partition coefficient (Wildman–Crippen LogP) is 4.12. The fourth-order valence-electron chi connectivity index (χ4n) is 4.81. The summed E-state index contributed by atoms with van der Waals surface area (Å²) in [4.78, 5) is 16.6. The molecule has 0 saturated carbocycles. The number of carboxylic acids is 1. The maximum absolute atomic E-state index is 11.9. The Labute approximate surface area is 157 Å². The van der Waals surface area contributed by atoms with Crippen molar-refractivity contribution >= 4 is 11.6 Å². The molecule has 0 radical (unpaired) electrons. The van der Waals surface area contributed by atoms with Crippen LogP contribution in [0.25, 0.3) is 5.65 Å². The van der Waals surface area contributed by atoms with Crippen molar-refractivity contribution in [1.29, 1.82) is 0 Å². The summed E-state index contributed by atoms with van der Waals surface area (Å²) in [6, 6.07) is 6.41. The highest BCUT2D eigenvalue weighted by Crippen LogP contribution is 2.50. The Bertz CT molecular complexity index is 1130. The van der Waals surface area contributed by atoms with Gasteiger partial charge in [-0.2, -0.15) is 0 Å². The Morgan fingerprint density at radius 2 is 1.93 bits per heavy atom. The number of aromatic nitrogens is 2. The smallest absolute Gasteiger partial charge is 0.337 e. The second kappa shape index (κ2) is 5.35. The number of pyridine rings is 1. The Kier molecular flexibility index (Phi) is 3.24. The lowest BCUT2D eigenvalue weighted by molar-refractivity contribution is 0.0444. The van der Waals surface area contributed by atoms with Crippen LogP contribution in [0.1, 0.15) is 56.8 Å². The number of ether oxygens (including phenoxy) is 1. The lowest BCUT2D eigenvalue weighted by Gasteiger charge is -2.37. The van der Waals surface area contributed by atoms with Crippen molar-refractivity contribution in [2.24, 2.45) is 0 Å². The van der Waals surface area contributed by atoms with Gasteiger partial charge in [0.2, 0.25) is 0 Å². The molecule has 1 unspecified atom stereocenters. The van der Waals surface area contributed by atoms with Gasteiger partial charge in [-0.1, -0.05) is 18.2 Å². The number of carboxylic acid groups (broad SMARTS) is 1. The number of benzene rings is 1. The van der Waals surface area contributed by atoms with Gasteiger partial charge in [0, 0.05) is 17.5 Å². The third-order valence-corrected chi connectivity index (χ3v) is 6.43. The van der Waals surface area contributed by atoms with Crippen molar-refractivity contribution in [3.8, 4) is 5.75 Å². The summed E-state index contributed by atoms with van der Waals surface area (Å²) in [5, 5.41) is 9.76. The number of hydrogen-bond acceptors (Lipinski definition) is 3. The van der Waals surface area contributed by atoms with Crippen LogP contribution in [0.15, 0.2) is 24.4 Å². The molecule has 3 aromatic rings. The van der Waals surface area contributed by atoms with E-state index < -0.39 is 5.97 Å². The first-order valence-electron chi connectivity index (χ1n) is 9.44. The van der Waals surface area contributed by atoms with Gasteiger partial charge in [-0.25, -0.2) is 9.78 Å². The lowest BCUT2D eigenvalue weighted by Crippen LogP contribution is -2.35. The molecule has 2 aromatic heterocycles. The maximum atomic E-state index is 11.9. The fourth-order valence-corrected chi connectivity index (χ4v) is 4.81. The van der Waals surface area contributed by atoms with E-state index in [1.165, 1.54) is 16.7 Å². The van der Waals surface area contributed by atoms with Crippen molar-refractivity contribution < 1.29 is 14.6 Å². The van der Waals surface area contributed by atoms with Gasteiger partial charge in [-0.3, -0.25) is 0 Å². The summed E-state index contributed by atoms with van der Waals surface area (Å²) in [5.74, 6) is -0.271. The molecule has 1 aliphatic heterocycles. The van der Waals surface area contributed by atoms with Crippen LogP contribution in [0.4, 0.5) is 0 Å². The molecular weight excluding hydrogens is 340 g/mol. The van der Waals surface area contributed by atoms with E-state index in [9.17, 15) is 9.90 Å². The summed E-state index contributed by atoms with van der Waals surface area (Å²) in [7, 11) is 0. The van der Waals surface area contributed by atoms with Crippen molar-refractivity contribution in [3.05, 3.63) is 63.6 Å². The van der Waals surface area contributed by atoms with Crippen LogP contribution < -0.4 is 4.74 Å². The maximum Gasteiger partial charge on any atom is 0.337 e. The summed E-state index contributed by atoms with van der Waals surface area (Å²) >= 11 is 0. The number of rotatable bonds is 1. The molecule has 5 rings (SSSR count). The zero-order valence-corrected chi connectivity index (χ0v) is 15.8. The second-order valence-electron chi connectivity index (χ2n) is 7.83. The highest BCUT2D eigenvalue weighted by molar-refractivity contribution is 5.91. The Morgan fingerprint density at radius 3 is 2.67 bits per heavy atom. The Hall–Kier alpha value is -2.82.